The molecule has 0 aromatic heterocycles. The second-order valence-corrected chi connectivity index (χ2v) is 6.75. The lowest BCUT2D eigenvalue weighted by atomic mass is 9.78. The van der Waals surface area contributed by atoms with E-state index in [-0.39, 0.29) is 5.41 Å². The molecule has 0 saturated heterocycles. The predicted molar refractivity (Wildman–Crippen MR) is 136 cm³/mol. The normalized spacial score (nSPS) is 10.4. The van der Waals surface area contributed by atoms with Gasteiger partial charge in [-0.3, -0.25) is 0 Å². The molecule has 0 amide bonds. The van der Waals surface area contributed by atoms with Crippen molar-refractivity contribution in [3.8, 4) is 5.75 Å². The summed E-state index contributed by atoms with van der Waals surface area (Å²) in [4.78, 5) is 10.8. The van der Waals surface area contributed by atoms with Crippen LogP contribution >= 0.6 is 0 Å². The molecule has 0 radical (unpaired) electrons. The fourth-order valence-corrected chi connectivity index (χ4v) is 2.90. The number of allylic oxidation sites excluding steroid dienone is 4. The minimum absolute atomic E-state index is 0.177. The zero-order chi connectivity index (χ0) is 24.2. The molecular formula is C27H47NO2. The summed E-state index contributed by atoms with van der Waals surface area (Å²) in [5.41, 5.74) is 4.44. The van der Waals surface area contributed by atoms with Gasteiger partial charge in [-0.15, -0.1) is 0 Å². The number of aldehydes is 1. The zero-order valence-corrected chi connectivity index (χ0v) is 21.5. The van der Waals surface area contributed by atoms with Crippen LogP contribution in [-0.4, -0.2) is 19.9 Å². The van der Waals surface area contributed by atoms with E-state index in [0.717, 1.165) is 23.3 Å². The highest BCUT2D eigenvalue weighted by Crippen LogP contribution is 2.37. The Balaban J connectivity index is -0.000000475. The van der Waals surface area contributed by atoms with Crippen LogP contribution < -0.4 is 10.1 Å². The van der Waals surface area contributed by atoms with E-state index in [4.69, 9.17) is 4.74 Å². The van der Waals surface area contributed by atoms with E-state index in [2.05, 4.69) is 51.7 Å². The summed E-state index contributed by atoms with van der Waals surface area (Å²) >= 11 is 0. The van der Waals surface area contributed by atoms with Crippen LogP contribution in [0.5, 0.6) is 5.75 Å². The quantitative estimate of drug-likeness (QED) is 0.352. The first kappa shape index (κ1) is 32.4. The van der Waals surface area contributed by atoms with E-state index in [9.17, 15) is 4.79 Å². The maximum absolute atomic E-state index is 10.8. The molecular weight excluding hydrogens is 370 g/mol. The molecule has 0 bridgehead atoms. The molecule has 0 aliphatic heterocycles. The molecule has 0 aliphatic rings. The van der Waals surface area contributed by atoms with Crippen LogP contribution in [0.1, 0.15) is 78.5 Å². The highest BCUT2D eigenvalue weighted by molar-refractivity contribution is 5.56. The number of carbonyl (C=O) groups excluding carboxylic acids is 1. The smallest absolute Gasteiger partial charge is 0.123 e. The Morgan fingerprint density at radius 1 is 1.17 bits per heavy atom. The fourth-order valence-electron chi connectivity index (χ4n) is 2.90. The molecule has 0 spiro atoms. The Morgan fingerprint density at radius 2 is 1.73 bits per heavy atom. The van der Waals surface area contributed by atoms with Crippen LogP contribution in [0.2, 0.25) is 0 Å². The highest BCUT2D eigenvalue weighted by atomic mass is 16.5. The van der Waals surface area contributed by atoms with Crippen molar-refractivity contribution in [3.05, 3.63) is 65.4 Å². The Bertz CT molecular complexity index is 641. The number of aryl methyl sites for hydroxylation is 2. The van der Waals surface area contributed by atoms with Crippen LogP contribution in [0.25, 0.3) is 0 Å². The van der Waals surface area contributed by atoms with Gasteiger partial charge in [0.2, 0.25) is 0 Å². The van der Waals surface area contributed by atoms with Gasteiger partial charge in [0.05, 0.1) is 6.61 Å². The molecule has 1 rings (SSSR count). The molecule has 1 aromatic rings. The summed E-state index contributed by atoms with van der Waals surface area (Å²) in [6.07, 6.45) is 9.13. The second-order valence-electron chi connectivity index (χ2n) is 6.75. The van der Waals surface area contributed by atoms with Crippen molar-refractivity contribution in [2.24, 2.45) is 0 Å². The molecule has 1 aromatic carbocycles. The molecule has 0 unspecified atom stereocenters. The van der Waals surface area contributed by atoms with E-state index < -0.39 is 0 Å². The minimum atomic E-state index is -0.177. The van der Waals surface area contributed by atoms with E-state index in [1.54, 1.807) is 6.08 Å². The SMILES string of the molecule is C=C/C=C(\C=C/C)NC.CC.CC.CCOc1cc(C)cc(C)c1C(C)(C)CC=O. The van der Waals surface area contributed by atoms with Crippen molar-refractivity contribution in [3.63, 3.8) is 0 Å². The topological polar surface area (TPSA) is 38.3 Å². The van der Waals surface area contributed by atoms with Crippen molar-refractivity contribution in [1.82, 2.24) is 5.32 Å². The van der Waals surface area contributed by atoms with Gasteiger partial charge in [0, 0.05) is 30.1 Å². The lowest BCUT2D eigenvalue weighted by Gasteiger charge is -2.27. The summed E-state index contributed by atoms with van der Waals surface area (Å²) in [6, 6.07) is 4.20. The molecule has 1 N–H and O–H groups in total. The third-order valence-electron chi connectivity index (χ3n) is 3.95. The molecule has 3 heteroatoms. The first-order valence-corrected chi connectivity index (χ1v) is 11.1. The number of hydrogen-bond acceptors (Lipinski definition) is 3. The summed E-state index contributed by atoms with van der Waals surface area (Å²) in [6.45, 7) is 24.5. The van der Waals surface area contributed by atoms with E-state index in [1.807, 2.05) is 66.8 Å². The molecule has 0 aliphatic carbocycles. The van der Waals surface area contributed by atoms with Gasteiger partial charge in [0.15, 0.2) is 0 Å². The van der Waals surface area contributed by atoms with Crippen molar-refractivity contribution >= 4 is 6.29 Å². The summed E-state index contributed by atoms with van der Waals surface area (Å²) < 4.78 is 5.72. The van der Waals surface area contributed by atoms with Crippen molar-refractivity contribution < 1.29 is 9.53 Å². The summed E-state index contributed by atoms with van der Waals surface area (Å²) in [5.74, 6) is 0.914. The van der Waals surface area contributed by atoms with Gasteiger partial charge >= 0.3 is 0 Å². The third kappa shape index (κ3) is 13.0. The van der Waals surface area contributed by atoms with Crippen LogP contribution in [0.15, 0.2) is 48.7 Å². The number of nitrogens with one attached hydrogen (secondary N) is 1. The molecule has 172 valence electrons. The third-order valence-corrected chi connectivity index (χ3v) is 3.95. The molecule has 0 heterocycles. The van der Waals surface area contributed by atoms with Crippen LogP contribution in [0.3, 0.4) is 0 Å². The van der Waals surface area contributed by atoms with Crippen LogP contribution in [0, 0.1) is 13.8 Å². The van der Waals surface area contributed by atoms with Crippen LogP contribution in [-0.2, 0) is 10.2 Å². The van der Waals surface area contributed by atoms with Gasteiger partial charge in [-0.05, 0) is 57.0 Å². The summed E-state index contributed by atoms with van der Waals surface area (Å²) in [7, 11) is 1.88. The van der Waals surface area contributed by atoms with Crippen molar-refractivity contribution in [2.75, 3.05) is 13.7 Å². The van der Waals surface area contributed by atoms with E-state index in [0.29, 0.717) is 13.0 Å². The average molecular weight is 418 g/mol. The Morgan fingerprint density at radius 3 is 2.13 bits per heavy atom. The summed E-state index contributed by atoms with van der Waals surface area (Å²) in [5, 5.41) is 3.01. The van der Waals surface area contributed by atoms with Crippen molar-refractivity contribution in [1.29, 1.82) is 0 Å². The number of carbonyl (C=O) groups is 1. The maximum Gasteiger partial charge on any atom is 0.123 e. The van der Waals surface area contributed by atoms with Gasteiger partial charge in [0.1, 0.15) is 12.0 Å². The maximum atomic E-state index is 10.8. The molecule has 0 atom stereocenters. The molecule has 0 fully saturated rings. The van der Waals surface area contributed by atoms with Gasteiger partial charge in [-0.1, -0.05) is 66.3 Å². The number of ether oxygens (including phenoxy) is 1. The zero-order valence-electron chi connectivity index (χ0n) is 21.5. The highest BCUT2D eigenvalue weighted by Gasteiger charge is 2.26. The largest absolute Gasteiger partial charge is 0.494 e. The first-order valence-electron chi connectivity index (χ1n) is 11.1. The van der Waals surface area contributed by atoms with Gasteiger partial charge in [-0.2, -0.15) is 0 Å². The number of benzene rings is 1. The average Bonchev–Trinajstić information content (AvgIpc) is 2.70. The van der Waals surface area contributed by atoms with Crippen LogP contribution in [0.4, 0.5) is 0 Å². The van der Waals surface area contributed by atoms with Gasteiger partial charge < -0.3 is 14.8 Å². The predicted octanol–water partition coefficient (Wildman–Crippen LogP) is 7.47. The van der Waals surface area contributed by atoms with Gasteiger partial charge in [-0.25, -0.2) is 0 Å². The monoisotopic (exact) mass is 417 g/mol. The first-order chi connectivity index (χ1) is 14.3. The van der Waals surface area contributed by atoms with E-state index in [1.165, 1.54) is 11.1 Å². The Labute approximate surface area is 187 Å². The lowest BCUT2D eigenvalue weighted by Crippen LogP contribution is -2.20. The number of hydrogen-bond donors (Lipinski definition) is 1. The fraction of sp³-hybridized carbons (Fsp3) is 0.519. The lowest BCUT2D eigenvalue weighted by molar-refractivity contribution is -0.108. The number of rotatable bonds is 8. The number of likely N-dealkylation sites (N-methyl/N-ethyl adjacent to an activating group) is 1. The van der Waals surface area contributed by atoms with Crippen molar-refractivity contribution in [2.45, 2.75) is 81.1 Å². The second kappa shape index (κ2) is 20.0. The molecule has 0 saturated carbocycles. The standard InChI is InChI=1S/C15H22O2.C8H13N.2C2H6/c1-6-17-13-10-11(2)9-12(3)14(13)15(4,5)7-8-16;1-4-6-8(9-3)7-5-2;2*1-2/h8-10H,6-7H2,1-5H3;4-7,9H,1H2,2-3H3;2*1-2H3/b;7-5-,8-6+;;. The van der Waals surface area contributed by atoms with Gasteiger partial charge in [0.25, 0.3) is 0 Å². The molecule has 3 nitrogen and oxygen atoms in total. The van der Waals surface area contributed by atoms with E-state index >= 15 is 0 Å². The Kier molecular flexibility index (Phi) is 21.6. The minimum Gasteiger partial charge on any atom is -0.494 e. The Hall–Kier alpha value is -2.29. The molecule has 30 heavy (non-hydrogen) atoms.